The average Bonchev–Trinajstić information content (AvgIpc) is 2.52. The summed E-state index contributed by atoms with van der Waals surface area (Å²) in [5.41, 5.74) is 0. The Morgan fingerprint density at radius 2 is 1.38 bits per heavy atom. The van der Waals surface area contributed by atoms with E-state index < -0.39 is 26.7 Å². The Morgan fingerprint density at radius 3 is 1.88 bits per heavy atom. The number of carbonyl (C=O) groups is 3. The Kier molecular flexibility index (Phi) is 5.99. The van der Waals surface area contributed by atoms with Gasteiger partial charge in [0.15, 0.2) is 0 Å². The summed E-state index contributed by atoms with van der Waals surface area (Å²) in [7, 11) is -4.28. The Morgan fingerprint density at radius 1 is 0.846 bits per heavy atom. The van der Waals surface area contributed by atoms with E-state index in [-0.39, 0.29) is 5.19 Å². The van der Waals surface area contributed by atoms with Gasteiger partial charge in [0.1, 0.15) is 10.9 Å². The molecule has 0 radical (unpaired) electrons. The molecule has 7 nitrogen and oxygen atoms in total. The van der Waals surface area contributed by atoms with E-state index in [0.29, 0.717) is 17.7 Å². The standard InChI is InChI=1S/C18H20O7Si/c1-5-22-17-11-10-15-8-6-7-9-16(15)18(17)26(23-12(2)19,24-13(3)20)25-14(4)21/h6-11H,5H2,1-4H3. The molecule has 138 valence electrons. The van der Waals surface area contributed by atoms with Gasteiger partial charge in [-0.25, -0.2) is 0 Å². The highest BCUT2D eigenvalue weighted by molar-refractivity contribution is 6.81. The molecule has 0 saturated heterocycles. The molecule has 0 bridgehead atoms. The van der Waals surface area contributed by atoms with E-state index in [0.717, 1.165) is 26.2 Å². The molecule has 0 atom stereocenters. The molecular formula is C18H20O7Si. The van der Waals surface area contributed by atoms with Crippen LogP contribution < -0.4 is 9.92 Å². The van der Waals surface area contributed by atoms with E-state index in [4.69, 9.17) is 18.0 Å². The molecule has 8 heteroatoms. The predicted molar refractivity (Wildman–Crippen MR) is 95.8 cm³/mol. The summed E-state index contributed by atoms with van der Waals surface area (Å²) in [6, 6.07) is 10.7. The van der Waals surface area contributed by atoms with Gasteiger partial charge in [-0.15, -0.1) is 0 Å². The zero-order valence-electron chi connectivity index (χ0n) is 15.0. The number of rotatable bonds is 6. The van der Waals surface area contributed by atoms with Crippen LogP contribution in [0.15, 0.2) is 36.4 Å². The third-order valence-electron chi connectivity index (χ3n) is 3.33. The van der Waals surface area contributed by atoms with Crippen molar-refractivity contribution in [1.29, 1.82) is 0 Å². The molecule has 0 unspecified atom stereocenters. The normalized spacial score (nSPS) is 10.9. The maximum atomic E-state index is 11.8. The van der Waals surface area contributed by atoms with Crippen molar-refractivity contribution in [3.63, 3.8) is 0 Å². The molecule has 0 fully saturated rings. The van der Waals surface area contributed by atoms with Crippen LogP contribution >= 0.6 is 0 Å². The molecule has 0 saturated carbocycles. The van der Waals surface area contributed by atoms with Gasteiger partial charge in [-0.3, -0.25) is 14.4 Å². The van der Waals surface area contributed by atoms with Crippen LogP contribution in [0, 0.1) is 0 Å². The molecule has 2 aromatic carbocycles. The van der Waals surface area contributed by atoms with Gasteiger partial charge in [-0.1, -0.05) is 30.3 Å². The first-order chi connectivity index (χ1) is 12.3. The van der Waals surface area contributed by atoms with Crippen molar-refractivity contribution in [1.82, 2.24) is 0 Å². The minimum atomic E-state index is -4.28. The molecule has 0 heterocycles. The molecule has 26 heavy (non-hydrogen) atoms. The highest BCUT2D eigenvalue weighted by Gasteiger charge is 2.57. The second-order valence-corrected chi connectivity index (χ2v) is 7.65. The van der Waals surface area contributed by atoms with Gasteiger partial charge in [-0.05, 0) is 23.8 Å². The molecule has 0 aliphatic heterocycles. The van der Waals surface area contributed by atoms with E-state index in [1.807, 2.05) is 18.2 Å². The molecule has 2 rings (SSSR count). The molecule has 0 aliphatic rings. The van der Waals surface area contributed by atoms with Gasteiger partial charge in [0.25, 0.3) is 17.9 Å². The topological polar surface area (TPSA) is 88.1 Å². The average molecular weight is 376 g/mol. The van der Waals surface area contributed by atoms with Gasteiger partial charge in [0, 0.05) is 20.8 Å². The zero-order valence-corrected chi connectivity index (χ0v) is 16.0. The van der Waals surface area contributed by atoms with Crippen molar-refractivity contribution in [3.05, 3.63) is 36.4 Å². The molecule has 0 amide bonds. The highest BCUT2D eigenvalue weighted by Crippen LogP contribution is 2.26. The lowest BCUT2D eigenvalue weighted by Gasteiger charge is -2.28. The molecule has 0 aromatic heterocycles. The van der Waals surface area contributed by atoms with E-state index in [2.05, 4.69) is 0 Å². The SMILES string of the molecule is CCOc1ccc2ccccc2c1[Si](OC(C)=O)(OC(C)=O)OC(C)=O. The molecule has 0 aliphatic carbocycles. The van der Waals surface area contributed by atoms with Crippen LogP contribution in [0.1, 0.15) is 27.7 Å². The highest BCUT2D eigenvalue weighted by atomic mass is 28.4. The lowest BCUT2D eigenvalue weighted by molar-refractivity contribution is -0.146. The van der Waals surface area contributed by atoms with Crippen molar-refractivity contribution in [2.24, 2.45) is 0 Å². The van der Waals surface area contributed by atoms with Crippen LogP contribution in [-0.4, -0.2) is 33.3 Å². The van der Waals surface area contributed by atoms with Gasteiger partial charge >= 0.3 is 8.80 Å². The number of benzene rings is 2. The Hall–Kier alpha value is -2.87. The fourth-order valence-electron chi connectivity index (χ4n) is 2.63. The van der Waals surface area contributed by atoms with Crippen LogP contribution in [0.25, 0.3) is 10.8 Å². The van der Waals surface area contributed by atoms with Crippen molar-refractivity contribution >= 4 is 42.7 Å². The smallest absolute Gasteiger partial charge is 0.494 e. The number of fused-ring (bicyclic) bond motifs is 1. The Labute approximate surface area is 152 Å². The molecule has 0 N–H and O–H groups in total. The van der Waals surface area contributed by atoms with E-state index >= 15 is 0 Å². The number of ether oxygens (including phenoxy) is 1. The van der Waals surface area contributed by atoms with Gasteiger partial charge in [-0.2, -0.15) is 0 Å². The Bertz CT molecular complexity index is 806. The van der Waals surface area contributed by atoms with Gasteiger partial charge in [0.2, 0.25) is 0 Å². The summed E-state index contributed by atoms with van der Waals surface area (Å²) in [4.78, 5) is 35.4. The third kappa shape index (κ3) is 4.20. The first-order valence-electron chi connectivity index (χ1n) is 8.03. The summed E-state index contributed by atoms with van der Waals surface area (Å²) in [6.07, 6.45) is 0. The maximum Gasteiger partial charge on any atom is 0.747 e. The minimum Gasteiger partial charge on any atom is -0.494 e. The monoisotopic (exact) mass is 376 g/mol. The number of hydrogen-bond donors (Lipinski definition) is 0. The van der Waals surface area contributed by atoms with Crippen molar-refractivity contribution < 1.29 is 32.4 Å². The van der Waals surface area contributed by atoms with Crippen LogP contribution in [0.3, 0.4) is 0 Å². The second kappa shape index (κ2) is 8.00. The van der Waals surface area contributed by atoms with Crippen LogP contribution in [-0.2, 0) is 27.7 Å². The van der Waals surface area contributed by atoms with Gasteiger partial charge < -0.3 is 18.0 Å². The quantitative estimate of drug-likeness (QED) is 0.713. The summed E-state index contributed by atoms with van der Waals surface area (Å²) in [5, 5.41) is 1.65. The lowest BCUT2D eigenvalue weighted by atomic mass is 10.1. The summed E-state index contributed by atoms with van der Waals surface area (Å²) in [5.74, 6) is -1.90. The fourth-order valence-corrected chi connectivity index (χ4v) is 5.21. The van der Waals surface area contributed by atoms with E-state index in [1.54, 1.807) is 25.1 Å². The summed E-state index contributed by atoms with van der Waals surface area (Å²) >= 11 is 0. The molecular weight excluding hydrogens is 356 g/mol. The van der Waals surface area contributed by atoms with E-state index in [1.165, 1.54) is 0 Å². The summed E-state index contributed by atoms with van der Waals surface area (Å²) < 4.78 is 21.8. The maximum absolute atomic E-state index is 11.8. The zero-order chi connectivity index (χ0) is 19.3. The van der Waals surface area contributed by atoms with E-state index in [9.17, 15) is 14.4 Å². The fraction of sp³-hybridized carbons (Fsp3) is 0.278. The van der Waals surface area contributed by atoms with Gasteiger partial charge in [0.05, 0.1) is 6.61 Å². The van der Waals surface area contributed by atoms with Crippen molar-refractivity contribution in [2.45, 2.75) is 27.7 Å². The largest absolute Gasteiger partial charge is 0.747 e. The van der Waals surface area contributed by atoms with Crippen molar-refractivity contribution in [3.8, 4) is 5.75 Å². The van der Waals surface area contributed by atoms with Crippen molar-refractivity contribution in [2.75, 3.05) is 6.61 Å². The van der Waals surface area contributed by atoms with Crippen LogP contribution in [0.5, 0.6) is 5.75 Å². The summed E-state index contributed by atoms with van der Waals surface area (Å²) in [6.45, 7) is 5.56. The predicted octanol–water partition coefficient (Wildman–Crippen LogP) is 2.07. The van der Waals surface area contributed by atoms with Crippen LogP contribution in [0.2, 0.25) is 0 Å². The number of hydrogen-bond acceptors (Lipinski definition) is 7. The minimum absolute atomic E-state index is 0.262. The lowest BCUT2D eigenvalue weighted by Crippen LogP contribution is -2.59. The first-order valence-corrected chi connectivity index (χ1v) is 9.75. The third-order valence-corrected chi connectivity index (χ3v) is 6.13. The Balaban J connectivity index is 2.87. The molecule has 0 spiro atoms. The molecule has 2 aromatic rings. The first kappa shape index (κ1) is 19.5. The second-order valence-electron chi connectivity index (χ2n) is 5.43. The van der Waals surface area contributed by atoms with Crippen LogP contribution in [0.4, 0.5) is 0 Å². The number of carbonyl (C=O) groups excluding carboxylic acids is 3.